The lowest BCUT2D eigenvalue weighted by Gasteiger charge is -2.23. The van der Waals surface area contributed by atoms with Crippen LogP contribution in [0.25, 0.3) is 0 Å². The van der Waals surface area contributed by atoms with Crippen LogP contribution in [0.15, 0.2) is 29.6 Å². The van der Waals surface area contributed by atoms with Crippen molar-refractivity contribution in [3.63, 3.8) is 0 Å². The fourth-order valence-electron chi connectivity index (χ4n) is 2.29. The molecule has 0 unspecified atom stereocenters. The molecule has 0 aliphatic carbocycles. The van der Waals surface area contributed by atoms with E-state index in [1.54, 1.807) is 11.3 Å². The summed E-state index contributed by atoms with van der Waals surface area (Å²) in [6.45, 7) is 4.25. The number of halogens is 1. The fraction of sp³-hybridized carbons (Fsp3) is 0.333. The van der Waals surface area contributed by atoms with Crippen molar-refractivity contribution >= 4 is 34.8 Å². The van der Waals surface area contributed by atoms with Gasteiger partial charge in [0.2, 0.25) is 0 Å². The van der Waals surface area contributed by atoms with E-state index in [0.717, 1.165) is 0 Å². The van der Waals surface area contributed by atoms with Crippen LogP contribution in [-0.2, 0) is 10.2 Å². The summed E-state index contributed by atoms with van der Waals surface area (Å²) in [7, 11) is 1.42. The normalized spacial score (nSPS) is 11.1. The molecule has 1 heterocycles. The lowest BCUT2D eigenvalue weighted by Crippen LogP contribution is -2.36. The van der Waals surface area contributed by atoms with Crippen LogP contribution in [0.5, 0.6) is 11.5 Å². The number of benzene rings is 1. The molecule has 0 aliphatic heterocycles. The van der Waals surface area contributed by atoms with Crippen LogP contribution in [0.3, 0.4) is 0 Å². The number of carbonyl (C=O) groups is 2. The van der Waals surface area contributed by atoms with Crippen molar-refractivity contribution in [1.29, 1.82) is 0 Å². The van der Waals surface area contributed by atoms with Crippen molar-refractivity contribution in [2.24, 2.45) is 5.73 Å². The predicted octanol–water partition coefficient (Wildman–Crippen LogP) is 2.98. The number of carbonyl (C=O) groups excluding carboxylic acids is 2. The van der Waals surface area contributed by atoms with Crippen molar-refractivity contribution in [1.82, 2.24) is 5.32 Å². The Bertz CT molecular complexity index is 791. The molecular formula is C18H21ClN2O4S. The summed E-state index contributed by atoms with van der Waals surface area (Å²) in [5.41, 5.74) is 5.21. The fourth-order valence-corrected chi connectivity index (χ4v) is 3.41. The maximum Gasteiger partial charge on any atom is 0.255 e. The number of nitrogens with one attached hydrogen (secondary N) is 1. The average Bonchev–Trinajstić information content (AvgIpc) is 3.13. The molecule has 2 rings (SSSR count). The molecule has 0 saturated heterocycles. The minimum Gasteiger partial charge on any atom is -0.493 e. The molecule has 0 atom stereocenters. The van der Waals surface area contributed by atoms with Crippen LogP contribution < -0.4 is 20.5 Å². The largest absolute Gasteiger partial charge is 0.493 e. The molecule has 1 aromatic heterocycles. The molecule has 2 aromatic rings. The average molecular weight is 397 g/mol. The molecule has 26 heavy (non-hydrogen) atoms. The minimum atomic E-state index is -0.638. The van der Waals surface area contributed by atoms with Gasteiger partial charge in [0.15, 0.2) is 18.1 Å². The van der Waals surface area contributed by atoms with Gasteiger partial charge in [-0.1, -0.05) is 31.5 Å². The van der Waals surface area contributed by atoms with E-state index < -0.39 is 5.91 Å². The molecule has 0 aliphatic rings. The molecule has 0 spiro atoms. The van der Waals surface area contributed by atoms with Gasteiger partial charge in [0.1, 0.15) is 0 Å². The van der Waals surface area contributed by atoms with E-state index in [-0.39, 0.29) is 34.5 Å². The van der Waals surface area contributed by atoms with Gasteiger partial charge in [-0.2, -0.15) is 0 Å². The molecule has 8 heteroatoms. The van der Waals surface area contributed by atoms with E-state index in [2.05, 4.69) is 19.2 Å². The monoisotopic (exact) mass is 396 g/mol. The Labute approximate surface area is 161 Å². The maximum atomic E-state index is 12.5. The summed E-state index contributed by atoms with van der Waals surface area (Å²) in [4.78, 5) is 24.6. The summed E-state index contributed by atoms with van der Waals surface area (Å²) < 4.78 is 10.5. The lowest BCUT2D eigenvalue weighted by atomic mass is 9.91. The number of rotatable bonds is 8. The molecule has 3 N–H and O–H groups in total. The first kappa shape index (κ1) is 20.1. The Morgan fingerprint density at radius 3 is 2.65 bits per heavy atom. The summed E-state index contributed by atoms with van der Waals surface area (Å²) in [5.74, 6) is -0.498. The Kier molecular flexibility index (Phi) is 6.50. The highest BCUT2D eigenvalue weighted by Crippen LogP contribution is 2.36. The number of ether oxygens (including phenoxy) is 2. The van der Waals surface area contributed by atoms with Crippen molar-refractivity contribution in [2.75, 3.05) is 20.3 Å². The second-order valence-electron chi connectivity index (χ2n) is 6.29. The molecule has 0 fully saturated rings. The highest BCUT2D eigenvalue weighted by atomic mass is 35.5. The number of primary amides is 1. The molecule has 1 aromatic carbocycles. The van der Waals surface area contributed by atoms with Gasteiger partial charge < -0.3 is 20.5 Å². The number of hydrogen-bond acceptors (Lipinski definition) is 5. The number of amides is 2. The van der Waals surface area contributed by atoms with Gasteiger partial charge in [0, 0.05) is 22.4 Å². The third-order valence-electron chi connectivity index (χ3n) is 3.73. The van der Waals surface area contributed by atoms with Crippen LogP contribution >= 0.6 is 22.9 Å². The van der Waals surface area contributed by atoms with Crippen molar-refractivity contribution in [3.05, 3.63) is 45.1 Å². The Morgan fingerprint density at radius 2 is 2.08 bits per heavy atom. The zero-order valence-corrected chi connectivity index (χ0v) is 16.4. The number of hydrogen-bond donors (Lipinski definition) is 2. The van der Waals surface area contributed by atoms with Crippen LogP contribution in [0.1, 0.15) is 29.1 Å². The van der Waals surface area contributed by atoms with Gasteiger partial charge in [-0.15, -0.1) is 11.3 Å². The molecule has 140 valence electrons. The third-order valence-corrected chi connectivity index (χ3v) is 5.25. The predicted molar refractivity (Wildman–Crippen MR) is 102 cm³/mol. The zero-order valence-electron chi connectivity index (χ0n) is 14.8. The van der Waals surface area contributed by atoms with E-state index in [1.807, 2.05) is 17.5 Å². The van der Waals surface area contributed by atoms with E-state index in [4.69, 9.17) is 26.8 Å². The van der Waals surface area contributed by atoms with E-state index >= 15 is 0 Å². The standard InChI is InChI=1S/C18H21ClN2O4S/c1-18(2,14-5-4-6-26-14)10-21-17(23)11-7-12(19)16(13(8-11)24-3)25-9-15(20)22/h4-8H,9-10H2,1-3H3,(H2,20,22)(H,21,23). The highest BCUT2D eigenvalue weighted by Gasteiger charge is 2.23. The van der Waals surface area contributed by atoms with E-state index in [1.165, 1.54) is 24.1 Å². The molecule has 0 bridgehead atoms. The second-order valence-corrected chi connectivity index (χ2v) is 7.64. The summed E-state index contributed by atoms with van der Waals surface area (Å²) >= 11 is 7.83. The number of methoxy groups -OCH3 is 1. The molecule has 0 saturated carbocycles. The van der Waals surface area contributed by atoms with Gasteiger partial charge >= 0.3 is 0 Å². The first-order valence-electron chi connectivity index (χ1n) is 7.85. The zero-order chi connectivity index (χ0) is 19.3. The van der Waals surface area contributed by atoms with E-state index in [0.29, 0.717) is 12.1 Å². The van der Waals surface area contributed by atoms with Gasteiger partial charge in [0.25, 0.3) is 11.8 Å². The van der Waals surface area contributed by atoms with Crippen LogP contribution in [0, 0.1) is 0 Å². The third kappa shape index (κ3) is 4.89. The molecule has 2 amide bonds. The van der Waals surface area contributed by atoms with Gasteiger partial charge in [-0.05, 0) is 23.6 Å². The van der Waals surface area contributed by atoms with E-state index in [9.17, 15) is 9.59 Å². The Hall–Kier alpha value is -2.25. The van der Waals surface area contributed by atoms with Gasteiger partial charge in [0.05, 0.1) is 12.1 Å². The van der Waals surface area contributed by atoms with Crippen molar-refractivity contribution < 1.29 is 19.1 Å². The van der Waals surface area contributed by atoms with Crippen molar-refractivity contribution in [3.8, 4) is 11.5 Å². The summed E-state index contributed by atoms with van der Waals surface area (Å²) in [6, 6.07) is 7.00. The maximum absolute atomic E-state index is 12.5. The summed E-state index contributed by atoms with van der Waals surface area (Å²) in [5, 5.41) is 5.08. The number of thiophene rings is 1. The van der Waals surface area contributed by atoms with Gasteiger partial charge in [-0.25, -0.2) is 0 Å². The molecular weight excluding hydrogens is 376 g/mol. The minimum absolute atomic E-state index is 0.160. The highest BCUT2D eigenvalue weighted by molar-refractivity contribution is 7.10. The van der Waals surface area contributed by atoms with Crippen molar-refractivity contribution in [2.45, 2.75) is 19.3 Å². The second kappa shape index (κ2) is 8.42. The van der Waals surface area contributed by atoms with Crippen LogP contribution in [0.2, 0.25) is 5.02 Å². The Balaban J connectivity index is 2.13. The van der Waals surface area contributed by atoms with Gasteiger partial charge in [-0.3, -0.25) is 9.59 Å². The first-order chi connectivity index (χ1) is 12.2. The SMILES string of the molecule is COc1cc(C(=O)NCC(C)(C)c2cccs2)cc(Cl)c1OCC(N)=O. The summed E-state index contributed by atoms with van der Waals surface area (Å²) in [6.07, 6.45) is 0. The first-order valence-corrected chi connectivity index (χ1v) is 9.11. The van der Waals surface area contributed by atoms with Crippen LogP contribution in [0.4, 0.5) is 0 Å². The smallest absolute Gasteiger partial charge is 0.255 e. The quantitative estimate of drug-likeness (QED) is 0.717. The van der Waals surface area contributed by atoms with Crippen LogP contribution in [-0.4, -0.2) is 32.1 Å². The Morgan fingerprint density at radius 1 is 1.35 bits per heavy atom. The molecule has 0 radical (unpaired) electrons. The molecule has 6 nitrogen and oxygen atoms in total. The lowest BCUT2D eigenvalue weighted by molar-refractivity contribution is -0.119. The number of nitrogens with two attached hydrogens (primary N) is 1. The topological polar surface area (TPSA) is 90.7 Å².